The zero-order valence-corrected chi connectivity index (χ0v) is 13.2. The lowest BCUT2D eigenvalue weighted by Gasteiger charge is -2.17. The molecule has 5 nitrogen and oxygen atoms in total. The molecule has 22 heavy (non-hydrogen) atoms. The second-order valence-corrected chi connectivity index (χ2v) is 6.47. The number of hydrogen-bond donors (Lipinski definition) is 1. The Morgan fingerprint density at radius 3 is 2.95 bits per heavy atom. The van der Waals surface area contributed by atoms with E-state index >= 15 is 0 Å². The van der Waals surface area contributed by atoms with Gasteiger partial charge in [-0.15, -0.1) is 0 Å². The molecule has 0 bridgehead atoms. The summed E-state index contributed by atoms with van der Waals surface area (Å²) >= 11 is 1.40. The third kappa shape index (κ3) is 2.64. The lowest BCUT2D eigenvalue weighted by molar-refractivity contribution is -0.122. The highest BCUT2D eigenvalue weighted by molar-refractivity contribution is 7.22. The fourth-order valence-electron chi connectivity index (χ4n) is 2.80. The van der Waals surface area contributed by atoms with Gasteiger partial charge in [-0.2, -0.15) is 5.26 Å². The standard InChI is InChI=1S/C16H17N3O2S/c1-2-21-11-5-6-12-13(9-11)22-15(18-12)19-14(20)16(10-17)7-3-4-8-16/h5-6,9H,2-4,7-8H2,1H3,(H,18,19,20). The Kier molecular flexibility index (Phi) is 3.99. The maximum Gasteiger partial charge on any atom is 0.246 e. The summed E-state index contributed by atoms with van der Waals surface area (Å²) in [5.41, 5.74) is -0.0601. The summed E-state index contributed by atoms with van der Waals surface area (Å²) in [7, 11) is 0. The highest BCUT2D eigenvalue weighted by Crippen LogP contribution is 2.39. The van der Waals surface area contributed by atoms with E-state index in [0.717, 1.165) is 28.8 Å². The zero-order chi connectivity index (χ0) is 15.6. The number of ether oxygens (including phenoxy) is 1. The van der Waals surface area contributed by atoms with E-state index in [1.54, 1.807) is 0 Å². The maximum absolute atomic E-state index is 12.4. The van der Waals surface area contributed by atoms with E-state index in [4.69, 9.17) is 4.74 Å². The fourth-order valence-corrected chi connectivity index (χ4v) is 3.69. The second kappa shape index (κ2) is 5.93. The third-order valence-corrected chi connectivity index (χ3v) is 4.93. The number of amides is 1. The monoisotopic (exact) mass is 315 g/mol. The average molecular weight is 315 g/mol. The van der Waals surface area contributed by atoms with Crippen molar-refractivity contribution in [2.45, 2.75) is 32.6 Å². The molecule has 6 heteroatoms. The van der Waals surface area contributed by atoms with Crippen LogP contribution in [0.3, 0.4) is 0 Å². The van der Waals surface area contributed by atoms with Gasteiger partial charge in [0.25, 0.3) is 0 Å². The summed E-state index contributed by atoms with van der Waals surface area (Å²) < 4.78 is 6.42. The first-order valence-electron chi connectivity index (χ1n) is 7.43. The molecule has 1 heterocycles. The molecule has 1 saturated carbocycles. The van der Waals surface area contributed by atoms with Crippen LogP contribution in [-0.4, -0.2) is 17.5 Å². The molecule has 1 fully saturated rings. The lowest BCUT2D eigenvalue weighted by Crippen LogP contribution is -2.32. The Bertz CT molecular complexity index is 741. The Hall–Kier alpha value is -2.13. The van der Waals surface area contributed by atoms with E-state index < -0.39 is 5.41 Å². The van der Waals surface area contributed by atoms with Crippen molar-refractivity contribution in [3.05, 3.63) is 18.2 Å². The predicted molar refractivity (Wildman–Crippen MR) is 85.9 cm³/mol. The molecule has 2 aromatic rings. The maximum atomic E-state index is 12.4. The van der Waals surface area contributed by atoms with E-state index in [-0.39, 0.29) is 5.91 Å². The lowest BCUT2D eigenvalue weighted by atomic mass is 9.87. The Morgan fingerprint density at radius 1 is 1.50 bits per heavy atom. The highest BCUT2D eigenvalue weighted by atomic mass is 32.1. The molecule has 0 saturated heterocycles. The van der Waals surface area contributed by atoms with Gasteiger partial charge in [-0.25, -0.2) is 4.98 Å². The Balaban J connectivity index is 1.82. The molecule has 0 unspecified atom stereocenters. The number of rotatable bonds is 4. The van der Waals surface area contributed by atoms with Gasteiger partial charge in [-0.3, -0.25) is 4.79 Å². The normalized spacial score (nSPS) is 16.4. The minimum atomic E-state index is -0.881. The van der Waals surface area contributed by atoms with Crippen LogP contribution in [0.4, 0.5) is 5.13 Å². The summed E-state index contributed by atoms with van der Waals surface area (Å²) in [6.07, 6.45) is 3.13. The molecule has 3 rings (SSSR count). The average Bonchev–Trinajstić information content (AvgIpc) is 3.13. The number of hydrogen-bond acceptors (Lipinski definition) is 5. The molecule has 114 valence electrons. The van der Waals surface area contributed by atoms with Gasteiger partial charge in [0.05, 0.1) is 22.9 Å². The van der Waals surface area contributed by atoms with Crippen molar-refractivity contribution in [3.63, 3.8) is 0 Å². The molecule has 1 aliphatic rings. The predicted octanol–water partition coefficient (Wildman–Crippen LogP) is 3.72. The van der Waals surface area contributed by atoms with Crippen LogP contribution in [0.1, 0.15) is 32.6 Å². The van der Waals surface area contributed by atoms with Crippen LogP contribution in [0.2, 0.25) is 0 Å². The third-order valence-electron chi connectivity index (χ3n) is 4.00. The number of carbonyl (C=O) groups is 1. The van der Waals surface area contributed by atoms with Crippen molar-refractivity contribution in [1.82, 2.24) is 4.98 Å². The molecule has 0 radical (unpaired) electrons. The molecule has 1 aromatic heterocycles. The largest absolute Gasteiger partial charge is 0.494 e. The Labute approximate surface area is 132 Å². The van der Waals surface area contributed by atoms with Gasteiger partial charge in [0.15, 0.2) is 5.13 Å². The summed E-state index contributed by atoms with van der Waals surface area (Å²) in [5, 5.41) is 12.7. The van der Waals surface area contributed by atoms with Gasteiger partial charge in [0, 0.05) is 0 Å². The first-order valence-corrected chi connectivity index (χ1v) is 8.24. The number of nitrogens with one attached hydrogen (secondary N) is 1. The van der Waals surface area contributed by atoms with E-state index in [1.807, 2.05) is 25.1 Å². The van der Waals surface area contributed by atoms with Gasteiger partial charge >= 0.3 is 0 Å². The summed E-state index contributed by atoms with van der Waals surface area (Å²) in [4.78, 5) is 16.8. The van der Waals surface area contributed by atoms with Crippen molar-refractivity contribution in [2.75, 3.05) is 11.9 Å². The molecule has 1 amide bonds. The first kappa shape index (κ1) is 14.8. The van der Waals surface area contributed by atoms with Gasteiger partial charge in [0.1, 0.15) is 11.2 Å². The van der Waals surface area contributed by atoms with Crippen molar-refractivity contribution in [1.29, 1.82) is 5.26 Å². The molecule has 1 aliphatic carbocycles. The van der Waals surface area contributed by atoms with Crippen LogP contribution < -0.4 is 10.1 Å². The summed E-state index contributed by atoms with van der Waals surface area (Å²) in [6, 6.07) is 7.86. The van der Waals surface area contributed by atoms with Gasteiger partial charge in [0.2, 0.25) is 5.91 Å². The zero-order valence-electron chi connectivity index (χ0n) is 12.4. The highest BCUT2D eigenvalue weighted by Gasteiger charge is 2.41. The molecule has 0 atom stereocenters. The van der Waals surface area contributed by atoms with Crippen LogP contribution in [-0.2, 0) is 4.79 Å². The van der Waals surface area contributed by atoms with Gasteiger partial charge in [-0.05, 0) is 38.0 Å². The number of benzene rings is 1. The summed E-state index contributed by atoms with van der Waals surface area (Å²) in [5.74, 6) is 0.567. The van der Waals surface area contributed by atoms with Crippen LogP contribution in [0, 0.1) is 16.7 Å². The summed E-state index contributed by atoms with van der Waals surface area (Å²) in [6.45, 7) is 2.55. The first-order chi connectivity index (χ1) is 10.7. The van der Waals surface area contributed by atoms with Crippen LogP contribution in [0.5, 0.6) is 5.75 Å². The van der Waals surface area contributed by atoms with Crippen molar-refractivity contribution in [3.8, 4) is 11.8 Å². The van der Waals surface area contributed by atoms with Crippen molar-refractivity contribution in [2.24, 2.45) is 5.41 Å². The van der Waals surface area contributed by atoms with Crippen LogP contribution in [0.25, 0.3) is 10.2 Å². The number of fused-ring (bicyclic) bond motifs is 1. The number of nitriles is 1. The molecule has 1 aromatic carbocycles. The fraction of sp³-hybridized carbons (Fsp3) is 0.438. The second-order valence-electron chi connectivity index (χ2n) is 5.44. The van der Waals surface area contributed by atoms with Gasteiger partial charge < -0.3 is 10.1 Å². The van der Waals surface area contributed by atoms with E-state index in [9.17, 15) is 10.1 Å². The molecule has 0 spiro atoms. The van der Waals surface area contributed by atoms with E-state index in [2.05, 4.69) is 16.4 Å². The van der Waals surface area contributed by atoms with E-state index in [1.165, 1.54) is 11.3 Å². The molecule has 0 aliphatic heterocycles. The molecule has 1 N–H and O–H groups in total. The number of anilines is 1. The van der Waals surface area contributed by atoms with Crippen LogP contribution in [0.15, 0.2) is 18.2 Å². The quantitative estimate of drug-likeness (QED) is 0.933. The SMILES string of the molecule is CCOc1ccc2nc(NC(=O)C3(C#N)CCCC3)sc2c1. The van der Waals surface area contributed by atoms with Crippen molar-refractivity contribution >= 4 is 32.6 Å². The minimum Gasteiger partial charge on any atom is -0.494 e. The smallest absolute Gasteiger partial charge is 0.246 e. The van der Waals surface area contributed by atoms with Gasteiger partial charge in [-0.1, -0.05) is 24.2 Å². The number of thiazole rings is 1. The number of nitrogens with zero attached hydrogens (tertiary/aromatic N) is 2. The Morgan fingerprint density at radius 2 is 2.27 bits per heavy atom. The van der Waals surface area contributed by atoms with E-state index in [0.29, 0.717) is 24.6 Å². The van der Waals surface area contributed by atoms with Crippen LogP contribution >= 0.6 is 11.3 Å². The number of aromatic nitrogens is 1. The van der Waals surface area contributed by atoms with Crippen molar-refractivity contribution < 1.29 is 9.53 Å². The number of carbonyl (C=O) groups excluding carboxylic acids is 1. The topological polar surface area (TPSA) is 75.0 Å². The molecular formula is C16H17N3O2S. The molecular weight excluding hydrogens is 298 g/mol. The minimum absolute atomic E-state index is 0.225.